The van der Waals surface area contributed by atoms with Gasteiger partial charge in [-0.1, -0.05) is 23.3 Å². The van der Waals surface area contributed by atoms with Crippen molar-refractivity contribution < 1.29 is 19.3 Å². The number of methoxy groups -OCH3 is 1. The van der Waals surface area contributed by atoms with Crippen LogP contribution in [-0.2, 0) is 6.42 Å². The van der Waals surface area contributed by atoms with Crippen molar-refractivity contribution in [3.05, 3.63) is 70.3 Å². The first kappa shape index (κ1) is 20.4. The summed E-state index contributed by atoms with van der Waals surface area (Å²) in [6, 6.07) is 9.46. The molecular weight excluding hydrogens is 376 g/mol. The monoisotopic (exact) mass is 406 g/mol. The van der Waals surface area contributed by atoms with Crippen molar-refractivity contribution in [3.8, 4) is 23.0 Å². The van der Waals surface area contributed by atoms with Gasteiger partial charge in [0.1, 0.15) is 29.1 Å². The Labute approximate surface area is 178 Å². The van der Waals surface area contributed by atoms with Crippen molar-refractivity contribution >= 4 is 0 Å². The second kappa shape index (κ2) is 8.47. The summed E-state index contributed by atoms with van der Waals surface area (Å²) in [5.74, 6) is 2.76. The SMILES string of the molecule is COc1cc2c(cc1CC=C(C)CCC=C(C)C)C1COc3cc(O)ccc3C1O2. The van der Waals surface area contributed by atoms with E-state index in [1.165, 1.54) is 22.3 Å². The van der Waals surface area contributed by atoms with Crippen LogP contribution < -0.4 is 14.2 Å². The van der Waals surface area contributed by atoms with Crippen LogP contribution in [0.1, 0.15) is 62.3 Å². The van der Waals surface area contributed by atoms with E-state index in [9.17, 15) is 5.11 Å². The van der Waals surface area contributed by atoms with Crippen molar-refractivity contribution in [2.45, 2.75) is 52.1 Å². The number of fused-ring (bicyclic) bond motifs is 5. The number of phenolic OH excluding ortho intramolecular Hbond substituents is 1. The lowest BCUT2D eigenvalue weighted by molar-refractivity contribution is 0.139. The topological polar surface area (TPSA) is 47.9 Å². The molecule has 0 fully saturated rings. The van der Waals surface area contributed by atoms with Gasteiger partial charge in [0, 0.05) is 23.3 Å². The number of benzene rings is 2. The molecule has 2 aliphatic rings. The number of hydrogen-bond donors (Lipinski definition) is 1. The predicted molar refractivity (Wildman–Crippen MR) is 119 cm³/mol. The molecule has 2 aromatic carbocycles. The third-order valence-corrected chi connectivity index (χ3v) is 5.92. The van der Waals surface area contributed by atoms with Gasteiger partial charge >= 0.3 is 0 Å². The van der Waals surface area contributed by atoms with E-state index in [1.807, 2.05) is 12.1 Å². The van der Waals surface area contributed by atoms with E-state index in [1.54, 1.807) is 19.2 Å². The molecule has 2 heterocycles. The number of rotatable bonds is 6. The molecule has 1 N–H and O–H groups in total. The average molecular weight is 407 g/mol. The molecule has 0 aliphatic carbocycles. The van der Waals surface area contributed by atoms with Crippen LogP contribution in [0.2, 0.25) is 0 Å². The van der Waals surface area contributed by atoms with Gasteiger partial charge in [0.2, 0.25) is 0 Å². The Balaban J connectivity index is 1.57. The predicted octanol–water partition coefficient (Wildman–Crippen LogP) is 6.25. The van der Waals surface area contributed by atoms with Gasteiger partial charge in [-0.15, -0.1) is 0 Å². The van der Waals surface area contributed by atoms with Gasteiger partial charge in [0.15, 0.2) is 0 Å². The van der Waals surface area contributed by atoms with Gasteiger partial charge in [-0.2, -0.15) is 0 Å². The zero-order valence-corrected chi connectivity index (χ0v) is 18.2. The molecule has 0 spiro atoms. The van der Waals surface area contributed by atoms with Crippen molar-refractivity contribution in [2.75, 3.05) is 13.7 Å². The molecule has 2 atom stereocenters. The van der Waals surface area contributed by atoms with E-state index in [-0.39, 0.29) is 17.8 Å². The minimum atomic E-state index is -0.0920. The second-order valence-electron chi connectivity index (χ2n) is 8.45. The Bertz CT molecular complexity index is 998. The quantitative estimate of drug-likeness (QED) is 0.576. The normalized spacial score (nSPS) is 19.1. The van der Waals surface area contributed by atoms with Crippen molar-refractivity contribution in [1.29, 1.82) is 0 Å². The largest absolute Gasteiger partial charge is 0.508 e. The zero-order chi connectivity index (χ0) is 21.3. The van der Waals surface area contributed by atoms with Gasteiger partial charge < -0.3 is 19.3 Å². The van der Waals surface area contributed by atoms with E-state index >= 15 is 0 Å². The summed E-state index contributed by atoms with van der Waals surface area (Å²) in [6.45, 7) is 7.01. The maximum Gasteiger partial charge on any atom is 0.138 e. The number of aromatic hydroxyl groups is 1. The van der Waals surface area contributed by atoms with Crippen LogP contribution in [0.5, 0.6) is 23.0 Å². The highest BCUT2D eigenvalue weighted by atomic mass is 16.5. The smallest absolute Gasteiger partial charge is 0.138 e. The van der Waals surface area contributed by atoms with Crippen molar-refractivity contribution in [3.63, 3.8) is 0 Å². The molecule has 2 aromatic rings. The Morgan fingerprint density at radius 3 is 2.70 bits per heavy atom. The number of phenols is 1. The Hall–Kier alpha value is -2.88. The first-order valence-electron chi connectivity index (χ1n) is 10.6. The molecular formula is C26H30O4. The van der Waals surface area contributed by atoms with Gasteiger partial charge in [0.05, 0.1) is 19.6 Å². The maximum absolute atomic E-state index is 9.75. The number of hydrogen-bond acceptors (Lipinski definition) is 4. The molecule has 0 radical (unpaired) electrons. The fourth-order valence-electron chi connectivity index (χ4n) is 4.24. The van der Waals surface area contributed by atoms with Gasteiger partial charge in [-0.25, -0.2) is 0 Å². The zero-order valence-electron chi connectivity index (χ0n) is 18.2. The summed E-state index contributed by atoms with van der Waals surface area (Å²) in [5.41, 5.74) is 6.07. The molecule has 2 aliphatic heterocycles. The van der Waals surface area contributed by atoms with Crippen molar-refractivity contribution in [1.82, 2.24) is 0 Å². The second-order valence-corrected chi connectivity index (χ2v) is 8.45. The van der Waals surface area contributed by atoms with Gasteiger partial charge in [-0.05, 0) is 63.8 Å². The first-order chi connectivity index (χ1) is 14.5. The Kier molecular flexibility index (Phi) is 5.76. The number of allylic oxidation sites excluding steroid dienone is 4. The lowest BCUT2D eigenvalue weighted by Gasteiger charge is -2.27. The summed E-state index contributed by atoms with van der Waals surface area (Å²) >= 11 is 0. The van der Waals surface area contributed by atoms with Crippen LogP contribution in [-0.4, -0.2) is 18.8 Å². The molecule has 30 heavy (non-hydrogen) atoms. The minimum Gasteiger partial charge on any atom is -0.508 e. The Morgan fingerprint density at radius 2 is 1.93 bits per heavy atom. The molecule has 0 amide bonds. The third-order valence-electron chi connectivity index (χ3n) is 5.92. The van der Waals surface area contributed by atoms with Gasteiger partial charge in [0.25, 0.3) is 0 Å². The molecule has 4 rings (SSSR count). The summed E-state index contributed by atoms with van der Waals surface area (Å²) < 4.78 is 17.9. The lowest BCUT2D eigenvalue weighted by atomic mass is 9.88. The standard InChI is InChI=1S/C26H30O4/c1-16(2)6-5-7-17(3)8-9-18-12-21-22-15-29-24-13-19(27)10-11-20(24)26(22)30-25(21)14-23(18)28-4/h6,8,10-14,22,26-27H,5,7,9,15H2,1-4H3. The van der Waals surface area contributed by atoms with E-state index in [0.717, 1.165) is 36.3 Å². The molecule has 4 heteroatoms. The number of ether oxygens (including phenoxy) is 3. The highest BCUT2D eigenvalue weighted by Gasteiger charge is 2.41. The third kappa shape index (κ3) is 4.04. The average Bonchev–Trinajstić information content (AvgIpc) is 3.08. The summed E-state index contributed by atoms with van der Waals surface area (Å²) in [7, 11) is 1.71. The fourth-order valence-corrected chi connectivity index (χ4v) is 4.24. The molecule has 2 unspecified atom stereocenters. The summed E-state index contributed by atoms with van der Waals surface area (Å²) in [4.78, 5) is 0. The molecule has 0 aromatic heterocycles. The molecule has 0 saturated carbocycles. The molecule has 0 saturated heterocycles. The minimum absolute atomic E-state index is 0.0920. The summed E-state index contributed by atoms with van der Waals surface area (Å²) in [5, 5.41) is 9.75. The first-order valence-corrected chi connectivity index (χ1v) is 10.6. The van der Waals surface area contributed by atoms with Crippen LogP contribution in [0.3, 0.4) is 0 Å². The van der Waals surface area contributed by atoms with Crippen LogP contribution in [0.25, 0.3) is 0 Å². The molecule has 0 bridgehead atoms. The van der Waals surface area contributed by atoms with E-state index in [4.69, 9.17) is 14.2 Å². The van der Waals surface area contributed by atoms with Crippen LogP contribution in [0.4, 0.5) is 0 Å². The Morgan fingerprint density at radius 1 is 1.10 bits per heavy atom. The maximum atomic E-state index is 9.75. The van der Waals surface area contributed by atoms with E-state index < -0.39 is 0 Å². The van der Waals surface area contributed by atoms with Crippen LogP contribution in [0.15, 0.2) is 53.6 Å². The fraction of sp³-hybridized carbons (Fsp3) is 0.385. The van der Waals surface area contributed by atoms with E-state index in [0.29, 0.717) is 12.4 Å². The summed E-state index contributed by atoms with van der Waals surface area (Å²) in [6.07, 6.45) is 7.47. The highest BCUT2D eigenvalue weighted by Crippen LogP contribution is 2.52. The molecule has 4 nitrogen and oxygen atoms in total. The van der Waals surface area contributed by atoms with Crippen LogP contribution >= 0.6 is 0 Å². The highest BCUT2D eigenvalue weighted by molar-refractivity contribution is 5.55. The molecule has 158 valence electrons. The van der Waals surface area contributed by atoms with Crippen molar-refractivity contribution in [2.24, 2.45) is 0 Å². The lowest BCUT2D eigenvalue weighted by Crippen LogP contribution is -2.23. The van der Waals surface area contributed by atoms with Crippen LogP contribution in [0, 0.1) is 0 Å². The van der Waals surface area contributed by atoms with E-state index in [2.05, 4.69) is 39.0 Å². The van der Waals surface area contributed by atoms with Gasteiger partial charge in [-0.3, -0.25) is 0 Å².